The zero-order chi connectivity index (χ0) is 29.1. The summed E-state index contributed by atoms with van der Waals surface area (Å²) in [5, 5.41) is 23.6. The van der Waals surface area contributed by atoms with E-state index in [1.807, 2.05) is 40.7 Å². The van der Waals surface area contributed by atoms with E-state index < -0.39 is 80.4 Å². The van der Waals surface area contributed by atoms with Crippen LogP contribution in [0.3, 0.4) is 0 Å². The summed E-state index contributed by atoms with van der Waals surface area (Å²) < 4.78 is 0. The van der Waals surface area contributed by atoms with Crippen molar-refractivity contribution in [1.82, 2.24) is 0 Å². The highest BCUT2D eigenvalue weighted by molar-refractivity contribution is 6.32. The Kier molecular flexibility index (Phi) is 6.09. The number of benzene rings is 1. The standard InChI is InChI=1S/C31H40O7/c1-13(2)21-24(34)19(15(4)32)26(36)31(38)27(37)22-25(35)20-17(11-12-18(23(20)33)28(6,7)8)14(3)29(22,9)16(5)30(21,31)10/h11-14,16,19,21-22,33,38H,1-10H3/t14-,16-,19?,21?,22?,29-,30-,31+/m1/s1. The van der Waals surface area contributed by atoms with Gasteiger partial charge in [-0.15, -0.1) is 0 Å². The first-order valence-electron chi connectivity index (χ1n) is 13.5. The number of hydrogen-bond acceptors (Lipinski definition) is 7. The highest BCUT2D eigenvalue weighted by Crippen LogP contribution is 2.69. The van der Waals surface area contributed by atoms with Gasteiger partial charge in [-0.2, -0.15) is 0 Å². The summed E-state index contributed by atoms with van der Waals surface area (Å²) >= 11 is 0. The molecular weight excluding hydrogens is 484 g/mol. The van der Waals surface area contributed by atoms with Crippen LogP contribution in [-0.4, -0.2) is 44.7 Å². The quantitative estimate of drug-likeness (QED) is 0.556. The predicted molar refractivity (Wildman–Crippen MR) is 141 cm³/mol. The molecule has 8 atom stereocenters. The van der Waals surface area contributed by atoms with Crippen molar-refractivity contribution >= 4 is 28.9 Å². The average molecular weight is 525 g/mol. The number of rotatable bonds is 2. The van der Waals surface area contributed by atoms with Gasteiger partial charge in [-0.25, -0.2) is 0 Å². The number of Topliss-reactive ketones (excluding diaryl/α,β-unsaturated/α-hetero) is 5. The van der Waals surface area contributed by atoms with Crippen molar-refractivity contribution in [3.63, 3.8) is 0 Å². The van der Waals surface area contributed by atoms with E-state index in [0.29, 0.717) is 11.1 Å². The minimum atomic E-state index is -2.71. The Balaban J connectivity index is 2.07. The first-order chi connectivity index (χ1) is 17.2. The van der Waals surface area contributed by atoms with Gasteiger partial charge in [0.1, 0.15) is 17.5 Å². The highest BCUT2D eigenvalue weighted by atomic mass is 16.3. The van der Waals surface area contributed by atoms with E-state index in [1.165, 1.54) is 0 Å². The van der Waals surface area contributed by atoms with Crippen LogP contribution in [0.4, 0.5) is 0 Å². The molecule has 2 fully saturated rings. The molecule has 3 aliphatic rings. The van der Waals surface area contributed by atoms with Crippen LogP contribution >= 0.6 is 0 Å². The lowest BCUT2D eigenvalue weighted by Crippen LogP contribution is -2.79. The molecule has 0 amide bonds. The first kappa shape index (κ1) is 28.3. The number of fused-ring (bicyclic) bond motifs is 3. The first-order valence-corrected chi connectivity index (χ1v) is 13.5. The van der Waals surface area contributed by atoms with Gasteiger partial charge in [-0.3, -0.25) is 24.0 Å². The summed E-state index contributed by atoms with van der Waals surface area (Å²) in [5.41, 5.74) is -4.62. The van der Waals surface area contributed by atoms with E-state index in [-0.39, 0.29) is 17.2 Å². The zero-order valence-corrected chi connectivity index (χ0v) is 24.1. The third kappa shape index (κ3) is 3.02. The van der Waals surface area contributed by atoms with E-state index in [4.69, 9.17) is 0 Å². The van der Waals surface area contributed by atoms with Gasteiger partial charge < -0.3 is 10.2 Å². The Labute approximate surface area is 224 Å². The molecule has 0 heterocycles. The number of ketones is 5. The summed E-state index contributed by atoms with van der Waals surface area (Å²) in [7, 11) is 0. The SMILES string of the molecule is CC(=O)C1C(=O)C(C(C)C)[C@@]2(C)[C@H](C)[C@]3(C)C(C(=O)c4c(ccc(C(C)(C)C)c4O)[C@H]3C)C(=O)[C@@]2(O)C1=O. The zero-order valence-electron chi connectivity index (χ0n) is 24.1. The lowest BCUT2D eigenvalue weighted by atomic mass is 9.35. The van der Waals surface area contributed by atoms with Crippen LogP contribution in [0.2, 0.25) is 0 Å². The summed E-state index contributed by atoms with van der Waals surface area (Å²) in [4.78, 5) is 68.8. The lowest BCUT2D eigenvalue weighted by Gasteiger charge is -2.66. The monoisotopic (exact) mass is 524 g/mol. The van der Waals surface area contributed by atoms with Crippen LogP contribution in [0, 0.1) is 40.4 Å². The fourth-order valence-electron chi connectivity index (χ4n) is 8.40. The van der Waals surface area contributed by atoms with Gasteiger partial charge in [-0.05, 0) is 46.6 Å². The molecule has 7 heteroatoms. The van der Waals surface area contributed by atoms with Crippen molar-refractivity contribution in [3.8, 4) is 5.75 Å². The molecule has 4 rings (SSSR count). The van der Waals surface area contributed by atoms with E-state index in [1.54, 1.807) is 33.8 Å². The number of carbonyl (C=O) groups is 5. The molecule has 1 aromatic rings. The maximum atomic E-state index is 14.5. The van der Waals surface area contributed by atoms with Crippen molar-refractivity contribution < 1.29 is 34.2 Å². The maximum absolute atomic E-state index is 14.5. The largest absolute Gasteiger partial charge is 0.507 e. The molecule has 7 nitrogen and oxygen atoms in total. The smallest absolute Gasteiger partial charge is 0.190 e. The van der Waals surface area contributed by atoms with Gasteiger partial charge in [-0.1, -0.05) is 74.4 Å². The Morgan fingerprint density at radius 2 is 1.55 bits per heavy atom. The molecular formula is C31H40O7. The lowest BCUT2D eigenvalue weighted by molar-refractivity contribution is -0.222. The number of hydrogen-bond donors (Lipinski definition) is 2. The number of aromatic hydroxyl groups is 1. The third-order valence-electron chi connectivity index (χ3n) is 10.7. The predicted octanol–water partition coefficient (Wildman–Crippen LogP) is 4.20. The van der Waals surface area contributed by atoms with Crippen molar-refractivity contribution in [2.45, 2.75) is 86.2 Å². The van der Waals surface area contributed by atoms with Crippen LogP contribution in [0.25, 0.3) is 0 Å². The van der Waals surface area contributed by atoms with E-state index >= 15 is 0 Å². The van der Waals surface area contributed by atoms with Crippen LogP contribution in [0.15, 0.2) is 12.1 Å². The van der Waals surface area contributed by atoms with E-state index in [0.717, 1.165) is 6.92 Å². The third-order valence-corrected chi connectivity index (χ3v) is 10.7. The number of phenols is 1. The van der Waals surface area contributed by atoms with Crippen molar-refractivity contribution in [3.05, 3.63) is 28.8 Å². The second-order valence-electron chi connectivity index (χ2n) is 13.7. The fourth-order valence-corrected chi connectivity index (χ4v) is 8.40. The van der Waals surface area contributed by atoms with Crippen molar-refractivity contribution in [2.24, 2.45) is 40.4 Å². The molecule has 1 aromatic carbocycles. The molecule has 0 spiro atoms. The molecule has 0 aliphatic heterocycles. The van der Waals surface area contributed by atoms with E-state index in [2.05, 4.69) is 0 Å². The molecule has 3 aliphatic carbocycles. The van der Waals surface area contributed by atoms with Crippen molar-refractivity contribution in [1.29, 1.82) is 0 Å². The van der Waals surface area contributed by atoms with Gasteiger partial charge in [0.05, 0.1) is 11.5 Å². The van der Waals surface area contributed by atoms with Crippen LogP contribution in [0.1, 0.15) is 96.6 Å². The molecule has 2 saturated carbocycles. The van der Waals surface area contributed by atoms with Gasteiger partial charge in [0, 0.05) is 11.3 Å². The topological polar surface area (TPSA) is 126 Å². The number of phenolic OH excluding ortho intramolecular Hbond substituents is 1. The summed E-state index contributed by atoms with van der Waals surface area (Å²) in [6.45, 7) is 17.5. The Hall–Kier alpha value is -2.67. The molecule has 206 valence electrons. The molecule has 0 aromatic heterocycles. The summed E-state index contributed by atoms with van der Waals surface area (Å²) in [6, 6.07) is 3.62. The van der Waals surface area contributed by atoms with Crippen molar-refractivity contribution in [2.75, 3.05) is 0 Å². The minimum Gasteiger partial charge on any atom is -0.507 e. The fraction of sp³-hybridized carbons (Fsp3) is 0.645. The summed E-state index contributed by atoms with van der Waals surface area (Å²) in [5.74, 6) is -9.86. The van der Waals surface area contributed by atoms with Crippen LogP contribution in [0.5, 0.6) is 5.75 Å². The molecule has 0 saturated heterocycles. The number of aliphatic hydroxyl groups is 1. The summed E-state index contributed by atoms with van der Waals surface area (Å²) in [6.07, 6.45) is 0. The highest BCUT2D eigenvalue weighted by Gasteiger charge is 2.79. The second kappa shape index (κ2) is 8.17. The van der Waals surface area contributed by atoms with Gasteiger partial charge in [0.2, 0.25) is 0 Å². The Morgan fingerprint density at radius 3 is 2.03 bits per heavy atom. The van der Waals surface area contributed by atoms with Crippen LogP contribution in [-0.2, 0) is 24.6 Å². The average Bonchev–Trinajstić information content (AvgIpc) is 2.78. The van der Waals surface area contributed by atoms with E-state index in [9.17, 15) is 34.2 Å². The Morgan fingerprint density at radius 1 is 1.00 bits per heavy atom. The molecule has 0 bridgehead atoms. The minimum absolute atomic E-state index is 0.0445. The molecule has 2 N–H and O–H groups in total. The molecule has 38 heavy (non-hydrogen) atoms. The van der Waals surface area contributed by atoms with Gasteiger partial charge in [0.25, 0.3) is 0 Å². The molecule has 3 unspecified atom stereocenters. The van der Waals surface area contributed by atoms with Gasteiger partial charge >= 0.3 is 0 Å². The Bertz CT molecular complexity index is 1300. The second-order valence-corrected chi connectivity index (χ2v) is 13.7. The maximum Gasteiger partial charge on any atom is 0.190 e. The van der Waals surface area contributed by atoms with Crippen LogP contribution < -0.4 is 0 Å². The number of carbonyl (C=O) groups excluding carboxylic acids is 5. The van der Waals surface area contributed by atoms with Gasteiger partial charge in [0.15, 0.2) is 28.7 Å². The normalized spacial score (nSPS) is 39.1. The molecule has 0 radical (unpaired) electrons.